The highest BCUT2D eigenvalue weighted by atomic mass is 16.4. The summed E-state index contributed by atoms with van der Waals surface area (Å²) >= 11 is 0. The van der Waals surface area contributed by atoms with Crippen molar-refractivity contribution in [1.82, 2.24) is 16.0 Å². The number of nitrogens with one attached hydrogen (secondary N) is 3. The van der Waals surface area contributed by atoms with Gasteiger partial charge in [-0.3, -0.25) is 28.8 Å². The molecule has 0 bridgehead atoms. The Labute approximate surface area is 175 Å². The van der Waals surface area contributed by atoms with Gasteiger partial charge in [-0.2, -0.15) is 0 Å². The number of nitrogens with two attached hydrogens (primary N) is 1. The van der Waals surface area contributed by atoms with Gasteiger partial charge in [0.05, 0.1) is 18.9 Å². The number of carboxylic acid groups (broad SMARTS) is 4. The lowest BCUT2D eigenvalue weighted by atomic mass is 10.1. The SMILES string of the molecule is CC(NC(=O)C(CC(=O)O)NC(=O)C(N)CCC(=O)O)C(=O)NC(CC(=O)O)C(=O)O. The molecule has 0 spiro atoms. The number of hydrogen-bond donors (Lipinski definition) is 8. The second kappa shape index (κ2) is 12.7. The first-order chi connectivity index (χ1) is 14.2. The molecule has 4 atom stereocenters. The molecule has 0 heterocycles. The van der Waals surface area contributed by atoms with E-state index in [1.54, 1.807) is 0 Å². The van der Waals surface area contributed by atoms with E-state index in [9.17, 15) is 33.6 Å². The Hall–Kier alpha value is -3.75. The molecule has 31 heavy (non-hydrogen) atoms. The third-order valence-electron chi connectivity index (χ3n) is 3.76. The monoisotopic (exact) mass is 448 g/mol. The van der Waals surface area contributed by atoms with Gasteiger partial charge in [-0.1, -0.05) is 0 Å². The molecule has 4 unspecified atom stereocenters. The molecule has 0 radical (unpaired) electrons. The molecule has 0 saturated heterocycles. The minimum atomic E-state index is -1.77. The van der Waals surface area contributed by atoms with Crippen LogP contribution in [0, 0.1) is 0 Å². The second-order valence-electron chi connectivity index (χ2n) is 6.43. The van der Waals surface area contributed by atoms with Gasteiger partial charge in [0, 0.05) is 6.42 Å². The summed E-state index contributed by atoms with van der Waals surface area (Å²) in [5.74, 6) is -9.00. The van der Waals surface area contributed by atoms with E-state index in [0.29, 0.717) is 0 Å². The fourth-order valence-electron chi connectivity index (χ4n) is 2.12. The first-order valence-electron chi connectivity index (χ1n) is 8.79. The molecule has 9 N–H and O–H groups in total. The zero-order valence-corrected chi connectivity index (χ0v) is 16.4. The maximum absolute atomic E-state index is 12.3. The molecule has 0 aliphatic rings. The minimum Gasteiger partial charge on any atom is -0.481 e. The Morgan fingerprint density at radius 1 is 0.710 bits per heavy atom. The Balaban J connectivity index is 5.09. The van der Waals surface area contributed by atoms with E-state index >= 15 is 0 Å². The molecule has 0 aliphatic heterocycles. The highest BCUT2D eigenvalue weighted by molar-refractivity contribution is 5.95. The fraction of sp³-hybridized carbons (Fsp3) is 0.562. The smallest absolute Gasteiger partial charge is 0.326 e. The van der Waals surface area contributed by atoms with Crippen LogP contribution in [0.15, 0.2) is 0 Å². The normalized spacial score (nSPS) is 14.3. The van der Waals surface area contributed by atoms with Crippen LogP contribution in [0.1, 0.15) is 32.6 Å². The topological polar surface area (TPSA) is 263 Å². The largest absolute Gasteiger partial charge is 0.481 e. The van der Waals surface area contributed by atoms with Crippen LogP contribution < -0.4 is 21.7 Å². The van der Waals surface area contributed by atoms with Crippen molar-refractivity contribution in [2.24, 2.45) is 5.73 Å². The van der Waals surface area contributed by atoms with E-state index in [-0.39, 0.29) is 6.42 Å². The van der Waals surface area contributed by atoms with Crippen LogP contribution in [0.2, 0.25) is 0 Å². The van der Waals surface area contributed by atoms with E-state index < -0.39 is 85.0 Å². The summed E-state index contributed by atoms with van der Waals surface area (Å²) in [5, 5.41) is 41.1. The molecule has 3 amide bonds. The average molecular weight is 448 g/mol. The Kier molecular flexibility index (Phi) is 11.2. The molecular weight excluding hydrogens is 424 g/mol. The lowest BCUT2D eigenvalue weighted by molar-refractivity contribution is -0.147. The maximum Gasteiger partial charge on any atom is 0.326 e. The maximum atomic E-state index is 12.3. The molecule has 0 aromatic heterocycles. The number of aliphatic carboxylic acids is 4. The van der Waals surface area contributed by atoms with E-state index in [4.69, 9.17) is 26.2 Å². The molecular formula is C16H24N4O11. The summed E-state index contributed by atoms with van der Waals surface area (Å²) in [4.78, 5) is 79.5. The van der Waals surface area contributed by atoms with Gasteiger partial charge in [-0.15, -0.1) is 0 Å². The van der Waals surface area contributed by atoms with Crippen molar-refractivity contribution in [2.75, 3.05) is 0 Å². The summed E-state index contributed by atoms with van der Waals surface area (Å²) in [6, 6.07) is -6.21. The van der Waals surface area contributed by atoms with Crippen molar-refractivity contribution in [3.63, 3.8) is 0 Å². The lowest BCUT2D eigenvalue weighted by Crippen LogP contribution is -2.56. The molecule has 0 rings (SSSR count). The van der Waals surface area contributed by atoms with E-state index in [1.807, 2.05) is 10.6 Å². The molecule has 0 aromatic carbocycles. The molecule has 174 valence electrons. The zero-order chi connectivity index (χ0) is 24.3. The Bertz CT molecular complexity index is 739. The summed E-state index contributed by atoms with van der Waals surface area (Å²) in [7, 11) is 0. The number of carbonyl (C=O) groups excluding carboxylic acids is 3. The van der Waals surface area contributed by atoms with Gasteiger partial charge in [0.1, 0.15) is 18.1 Å². The van der Waals surface area contributed by atoms with Crippen LogP contribution in [0.3, 0.4) is 0 Å². The first-order valence-corrected chi connectivity index (χ1v) is 8.79. The van der Waals surface area contributed by atoms with Gasteiger partial charge in [0.25, 0.3) is 0 Å². The minimum absolute atomic E-state index is 0.276. The zero-order valence-electron chi connectivity index (χ0n) is 16.4. The summed E-state index contributed by atoms with van der Waals surface area (Å²) < 4.78 is 0. The van der Waals surface area contributed by atoms with Gasteiger partial charge < -0.3 is 42.1 Å². The van der Waals surface area contributed by atoms with Crippen molar-refractivity contribution < 1.29 is 54.0 Å². The van der Waals surface area contributed by atoms with E-state index in [1.165, 1.54) is 0 Å². The predicted molar refractivity (Wildman–Crippen MR) is 98.5 cm³/mol. The highest BCUT2D eigenvalue weighted by Crippen LogP contribution is 2.00. The molecule has 0 aliphatic carbocycles. The number of carbonyl (C=O) groups is 7. The van der Waals surface area contributed by atoms with Gasteiger partial charge in [-0.05, 0) is 13.3 Å². The molecule has 0 saturated carbocycles. The number of rotatable bonds is 14. The van der Waals surface area contributed by atoms with Crippen molar-refractivity contribution >= 4 is 41.6 Å². The van der Waals surface area contributed by atoms with Crippen LogP contribution in [-0.2, 0) is 33.6 Å². The first kappa shape index (κ1) is 27.2. The third-order valence-corrected chi connectivity index (χ3v) is 3.76. The average Bonchev–Trinajstić information content (AvgIpc) is 2.63. The molecule has 15 nitrogen and oxygen atoms in total. The second-order valence-corrected chi connectivity index (χ2v) is 6.43. The summed E-state index contributed by atoms with van der Waals surface area (Å²) in [6.45, 7) is 1.12. The van der Waals surface area contributed by atoms with Crippen LogP contribution in [0.5, 0.6) is 0 Å². The predicted octanol–water partition coefficient (Wildman–Crippen LogP) is -3.31. The number of carboxylic acids is 4. The Morgan fingerprint density at radius 3 is 1.65 bits per heavy atom. The van der Waals surface area contributed by atoms with Crippen LogP contribution in [0.25, 0.3) is 0 Å². The molecule has 0 aromatic rings. The third kappa shape index (κ3) is 11.1. The lowest BCUT2D eigenvalue weighted by Gasteiger charge is -2.22. The molecule has 0 fully saturated rings. The summed E-state index contributed by atoms with van der Waals surface area (Å²) in [5.41, 5.74) is 5.49. The van der Waals surface area contributed by atoms with Crippen LogP contribution >= 0.6 is 0 Å². The van der Waals surface area contributed by atoms with E-state index in [0.717, 1.165) is 6.92 Å². The van der Waals surface area contributed by atoms with Crippen molar-refractivity contribution in [1.29, 1.82) is 0 Å². The van der Waals surface area contributed by atoms with Crippen molar-refractivity contribution in [3.05, 3.63) is 0 Å². The van der Waals surface area contributed by atoms with Crippen molar-refractivity contribution in [3.8, 4) is 0 Å². The Morgan fingerprint density at radius 2 is 1.19 bits per heavy atom. The van der Waals surface area contributed by atoms with Crippen molar-refractivity contribution in [2.45, 2.75) is 56.8 Å². The summed E-state index contributed by atoms with van der Waals surface area (Å²) in [6.07, 6.45) is -2.54. The highest BCUT2D eigenvalue weighted by Gasteiger charge is 2.30. The molecule has 15 heteroatoms. The standard InChI is InChI=1S/C16H24N4O11/c1-6(13(27)20-9(16(30)31)5-12(25)26)18-15(29)8(4-11(23)24)19-14(28)7(17)2-3-10(21)22/h6-9H,2-5,17H2,1H3,(H,18,29)(H,19,28)(H,20,27)(H,21,22)(H,23,24)(H,25,26)(H,30,31). The fourth-order valence-corrected chi connectivity index (χ4v) is 2.12. The van der Waals surface area contributed by atoms with Gasteiger partial charge in [0.15, 0.2) is 0 Å². The number of hydrogen-bond acceptors (Lipinski definition) is 8. The quantitative estimate of drug-likeness (QED) is 0.130. The van der Waals surface area contributed by atoms with Gasteiger partial charge in [-0.25, -0.2) is 4.79 Å². The van der Waals surface area contributed by atoms with E-state index in [2.05, 4.69) is 5.32 Å². The van der Waals surface area contributed by atoms with Crippen LogP contribution in [-0.4, -0.2) is 86.2 Å². The van der Waals surface area contributed by atoms with Crippen LogP contribution in [0.4, 0.5) is 0 Å². The van der Waals surface area contributed by atoms with Gasteiger partial charge in [0.2, 0.25) is 17.7 Å². The van der Waals surface area contributed by atoms with Gasteiger partial charge >= 0.3 is 23.9 Å². The number of amides is 3.